The van der Waals surface area contributed by atoms with E-state index < -0.39 is 39.7 Å². The lowest BCUT2D eigenvalue weighted by atomic mass is 9.66. The Balaban J connectivity index is 1.49. The number of benzene rings is 2. The van der Waals surface area contributed by atoms with Crippen LogP contribution in [0.3, 0.4) is 0 Å². The van der Waals surface area contributed by atoms with E-state index in [-0.39, 0.29) is 23.0 Å². The average molecular weight is 513 g/mol. The number of carbonyl (C=O) groups excluding carboxylic acids is 2. The lowest BCUT2D eigenvalue weighted by molar-refractivity contribution is -0.162. The summed E-state index contributed by atoms with van der Waals surface area (Å²) in [5.41, 5.74) is 1.20. The van der Waals surface area contributed by atoms with Gasteiger partial charge < -0.3 is 14.7 Å². The Morgan fingerprint density at radius 2 is 1.75 bits per heavy atom. The standard InChI is InChI=1S/C27H32N2O6S/c1-17-4-10-20(11-5-17)36(33,34)28(2)23-16-27-13-12-24(30)21(15-27)25(31)22(29(27)26(23)32)14-18-6-8-19(35-3)9-7-18/h4-11,21-23,25,31H,12-16H2,1-3H3/t21-,22-,23-,25-,27-/m0/s1. The lowest BCUT2D eigenvalue weighted by Gasteiger charge is -2.54. The number of Topliss-reactive ketones (excluding diaryl/α,β-unsaturated/α-hetero) is 1. The second kappa shape index (κ2) is 8.97. The van der Waals surface area contributed by atoms with Crippen molar-refractivity contribution < 1.29 is 27.9 Å². The van der Waals surface area contributed by atoms with Crippen LogP contribution in [0.25, 0.3) is 0 Å². The molecule has 2 bridgehead atoms. The molecule has 1 saturated carbocycles. The Hall–Kier alpha value is -2.75. The van der Waals surface area contributed by atoms with Crippen LogP contribution in [0, 0.1) is 12.8 Å². The highest BCUT2D eigenvalue weighted by Crippen LogP contribution is 2.51. The van der Waals surface area contributed by atoms with Gasteiger partial charge >= 0.3 is 0 Å². The molecule has 2 aromatic rings. The Labute approximate surface area is 211 Å². The van der Waals surface area contributed by atoms with Crippen molar-refractivity contribution in [2.75, 3.05) is 14.2 Å². The van der Waals surface area contributed by atoms with Gasteiger partial charge in [-0.05, 0) is 62.4 Å². The van der Waals surface area contributed by atoms with Crippen LogP contribution in [0.5, 0.6) is 5.75 Å². The predicted octanol–water partition coefficient (Wildman–Crippen LogP) is 2.32. The van der Waals surface area contributed by atoms with Gasteiger partial charge in [-0.25, -0.2) is 8.42 Å². The zero-order valence-electron chi connectivity index (χ0n) is 20.8. The summed E-state index contributed by atoms with van der Waals surface area (Å²) >= 11 is 0. The smallest absolute Gasteiger partial charge is 0.243 e. The summed E-state index contributed by atoms with van der Waals surface area (Å²) in [6.45, 7) is 1.88. The number of rotatable bonds is 6. The number of amides is 1. The molecule has 0 radical (unpaired) electrons. The Morgan fingerprint density at radius 1 is 1.08 bits per heavy atom. The van der Waals surface area contributed by atoms with Crippen molar-refractivity contribution in [3.05, 3.63) is 59.7 Å². The molecule has 3 fully saturated rings. The molecule has 1 spiro atoms. The Bertz CT molecular complexity index is 1280. The topological polar surface area (TPSA) is 104 Å². The maximum atomic E-state index is 13.9. The normalized spacial score (nSPS) is 30.0. The van der Waals surface area contributed by atoms with E-state index in [2.05, 4.69) is 0 Å². The van der Waals surface area contributed by atoms with E-state index in [0.29, 0.717) is 31.4 Å². The minimum absolute atomic E-state index is 0.0176. The molecule has 192 valence electrons. The fourth-order valence-electron chi connectivity index (χ4n) is 6.30. The van der Waals surface area contributed by atoms with Crippen molar-refractivity contribution >= 4 is 21.7 Å². The van der Waals surface area contributed by atoms with Gasteiger partial charge in [-0.2, -0.15) is 4.31 Å². The molecule has 1 amide bonds. The first kappa shape index (κ1) is 24.9. The van der Waals surface area contributed by atoms with E-state index in [1.165, 1.54) is 11.4 Å². The minimum atomic E-state index is -3.91. The van der Waals surface area contributed by atoms with Crippen LogP contribution in [0.4, 0.5) is 0 Å². The minimum Gasteiger partial charge on any atom is -0.497 e. The van der Waals surface area contributed by atoms with Gasteiger partial charge in [-0.1, -0.05) is 29.8 Å². The molecule has 9 heteroatoms. The molecule has 0 aromatic heterocycles. The van der Waals surface area contributed by atoms with Gasteiger partial charge in [0, 0.05) is 24.9 Å². The number of hydrogen-bond donors (Lipinski definition) is 1. The van der Waals surface area contributed by atoms with Crippen LogP contribution in [0.1, 0.15) is 36.8 Å². The van der Waals surface area contributed by atoms with E-state index in [4.69, 9.17) is 4.74 Å². The lowest BCUT2D eigenvalue weighted by Crippen LogP contribution is -2.66. The van der Waals surface area contributed by atoms with Gasteiger partial charge in [0.2, 0.25) is 15.9 Å². The number of ether oxygens (including phenoxy) is 1. The molecule has 2 saturated heterocycles. The van der Waals surface area contributed by atoms with Crippen molar-refractivity contribution in [2.24, 2.45) is 5.92 Å². The third-order valence-electron chi connectivity index (χ3n) is 8.34. The predicted molar refractivity (Wildman–Crippen MR) is 133 cm³/mol. The third-order valence-corrected chi connectivity index (χ3v) is 10.2. The Kier molecular flexibility index (Phi) is 6.21. The summed E-state index contributed by atoms with van der Waals surface area (Å²) in [4.78, 5) is 28.6. The Morgan fingerprint density at radius 3 is 2.39 bits per heavy atom. The first-order valence-electron chi connectivity index (χ1n) is 12.3. The maximum Gasteiger partial charge on any atom is 0.243 e. The first-order valence-corrected chi connectivity index (χ1v) is 13.7. The number of aliphatic hydroxyl groups is 1. The molecule has 2 aliphatic heterocycles. The molecule has 2 aromatic carbocycles. The average Bonchev–Trinajstić information content (AvgIpc) is 3.15. The molecule has 8 nitrogen and oxygen atoms in total. The van der Waals surface area contributed by atoms with Crippen molar-refractivity contribution in [1.29, 1.82) is 0 Å². The number of fused-ring (bicyclic) bond motifs is 1. The van der Waals surface area contributed by atoms with Crippen LogP contribution in [0.2, 0.25) is 0 Å². The zero-order chi connectivity index (χ0) is 25.8. The van der Waals surface area contributed by atoms with E-state index in [1.807, 2.05) is 31.2 Å². The number of methoxy groups -OCH3 is 1. The van der Waals surface area contributed by atoms with Crippen molar-refractivity contribution in [2.45, 2.75) is 67.6 Å². The summed E-state index contributed by atoms with van der Waals surface area (Å²) in [7, 11) is -0.876. The van der Waals surface area contributed by atoms with Gasteiger partial charge in [0.05, 0.1) is 24.2 Å². The molecule has 36 heavy (non-hydrogen) atoms. The number of nitrogens with zero attached hydrogens (tertiary/aromatic N) is 2. The number of carbonyl (C=O) groups is 2. The molecule has 3 aliphatic rings. The van der Waals surface area contributed by atoms with Crippen LogP contribution in [-0.2, 0) is 26.0 Å². The zero-order valence-corrected chi connectivity index (χ0v) is 21.6. The molecule has 2 heterocycles. The summed E-state index contributed by atoms with van der Waals surface area (Å²) in [6, 6.07) is 12.5. The van der Waals surface area contributed by atoms with Gasteiger partial charge in [0.15, 0.2) is 0 Å². The van der Waals surface area contributed by atoms with Gasteiger partial charge in [0.1, 0.15) is 17.6 Å². The van der Waals surface area contributed by atoms with E-state index in [9.17, 15) is 23.1 Å². The second-order valence-corrected chi connectivity index (χ2v) is 12.4. The number of likely N-dealkylation sites (N-methyl/N-ethyl adjacent to an activating group) is 1. The van der Waals surface area contributed by atoms with Gasteiger partial charge in [-0.15, -0.1) is 0 Å². The van der Waals surface area contributed by atoms with Crippen LogP contribution >= 0.6 is 0 Å². The van der Waals surface area contributed by atoms with E-state index >= 15 is 0 Å². The maximum absolute atomic E-state index is 13.9. The SMILES string of the molecule is COc1ccc(C[C@H]2[C@@H](O)[C@H]3C[C@@]4(CCC3=O)C[C@H](N(C)S(=O)(=O)c3ccc(C)cc3)C(=O)N24)cc1. The molecule has 1 aliphatic carbocycles. The number of aryl methyl sites for hydroxylation is 1. The molecular weight excluding hydrogens is 480 g/mol. The van der Waals surface area contributed by atoms with Crippen molar-refractivity contribution in [3.8, 4) is 5.75 Å². The third kappa shape index (κ3) is 3.93. The largest absolute Gasteiger partial charge is 0.497 e. The molecule has 5 atom stereocenters. The van der Waals surface area contributed by atoms with Crippen LogP contribution in [-0.4, -0.2) is 72.3 Å². The first-order chi connectivity index (χ1) is 17.1. The monoisotopic (exact) mass is 512 g/mol. The van der Waals surface area contributed by atoms with Crippen molar-refractivity contribution in [1.82, 2.24) is 9.21 Å². The molecule has 1 N–H and O–H groups in total. The number of aliphatic hydroxyl groups excluding tert-OH is 1. The number of hydrogen-bond acceptors (Lipinski definition) is 6. The quantitative estimate of drug-likeness (QED) is 0.637. The summed E-state index contributed by atoms with van der Waals surface area (Å²) in [5.74, 6) is -0.141. The number of ketones is 1. The van der Waals surface area contributed by atoms with Crippen molar-refractivity contribution in [3.63, 3.8) is 0 Å². The van der Waals surface area contributed by atoms with Gasteiger partial charge in [0.25, 0.3) is 0 Å². The number of sulfonamides is 1. The van der Waals surface area contributed by atoms with E-state index in [0.717, 1.165) is 11.1 Å². The molecule has 0 unspecified atom stereocenters. The summed E-state index contributed by atoms with van der Waals surface area (Å²) in [5, 5.41) is 11.3. The van der Waals surface area contributed by atoms with Gasteiger partial charge in [-0.3, -0.25) is 9.59 Å². The summed E-state index contributed by atoms with van der Waals surface area (Å²) in [6.07, 6.45) is 0.797. The summed E-state index contributed by atoms with van der Waals surface area (Å²) < 4.78 is 33.3. The fraction of sp³-hybridized carbons (Fsp3) is 0.481. The highest BCUT2D eigenvalue weighted by atomic mass is 32.2. The molecule has 5 rings (SSSR count). The van der Waals surface area contributed by atoms with Crippen LogP contribution < -0.4 is 4.74 Å². The second-order valence-electron chi connectivity index (χ2n) is 10.4. The number of piperidine rings is 1. The highest BCUT2D eigenvalue weighted by Gasteiger charge is 2.63. The highest BCUT2D eigenvalue weighted by molar-refractivity contribution is 7.89. The fourth-order valence-corrected chi connectivity index (χ4v) is 7.61. The van der Waals surface area contributed by atoms with Crippen LogP contribution in [0.15, 0.2) is 53.4 Å². The molecular formula is C27H32N2O6S. The van der Waals surface area contributed by atoms with E-state index in [1.54, 1.807) is 36.3 Å².